The van der Waals surface area contributed by atoms with Crippen molar-refractivity contribution in [2.45, 2.75) is 4.21 Å². The van der Waals surface area contributed by atoms with E-state index in [4.69, 9.17) is 5.73 Å². The van der Waals surface area contributed by atoms with Crippen molar-refractivity contribution in [2.75, 3.05) is 11.5 Å². The SMILES string of the molecule is C=CCS(=O)(=O)c1cnc(N)s1. The van der Waals surface area contributed by atoms with E-state index in [0.717, 1.165) is 11.3 Å². The molecule has 0 atom stereocenters. The van der Waals surface area contributed by atoms with Gasteiger partial charge < -0.3 is 5.73 Å². The van der Waals surface area contributed by atoms with Crippen LogP contribution in [0.1, 0.15) is 0 Å². The molecule has 1 rings (SSSR count). The summed E-state index contributed by atoms with van der Waals surface area (Å²) >= 11 is 0.966. The van der Waals surface area contributed by atoms with Crippen molar-refractivity contribution in [3.8, 4) is 0 Å². The first-order valence-corrected chi connectivity index (χ1v) is 5.58. The summed E-state index contributed by atoms with van der Waals surface area (Å²) in [6.07, 6.45) is 2.60. The third-order valence-electron chi connectivity index (χ3n) is 1.15. The molecule has 0 saturated heterocycles. The molecule has 1 aromatic rings. The van der Waals surface area contributed by atoms with Gasteiger partial charge >= 0.3 is 0 Å². The van der Waals surface area contributed by atoms with Crippen molar-refractivity contribution in [1.29, 1.82) is 0 Å². The summed E-state index contributed by atoms with van der Waals surface area (Å²) < 4.78 is 22.8. The van der Waals surface area contributed by atoms with Crippen LogP contribution in [0.15, 0.2) is 23.1 Å². The lowest BCUT2D eigenvalue weighted by atomic mass is 10.8. The maximum absolute atomic E-state index is 11.3. The molecule has 0 amide bonds. The minimum Gasteiger partial charge on any atom is -0.375 e. The molecule has 0 unspecified atom stereocenters. The second-order valence-electron chi connectivity index (χ2n) is 2.09. The van der Waals surface area contributed by atoms with E-state index in [1.54, 1.807) is 0 Å². The summed E-state index contributed by atoms with van der Waals surface area (Å²) in [4.78, 5) is 3.65. The van der Waals surface area contributed by atoms with Crippen molar-refractivity contribution in [3.63, 3.8) is 0 Å². The molecule has 0 saturated carbocycles. The first kappa shape index (κ1) is 9.21. The molecule has 4 nitrogen and oxygen atoms in total. The Labute approximate surface area is 74.7 Å². The Hall–Kier alpha value is -0.880. The average molecular weight is 204 g/mol. The van der Waals surface area contributed by atoms with Gasteiger partial charge in [-0.3, -0.25) is 0 Å². The third kappa shape index (κ3) is 1.83. The Bertz CT molecular complexity index is 380. The van der Waals surface area contributed by atoms with Gasteiger partial charge in [-0.05, 0) is 0 Å². The number of nitrogens with zero attached hydrogens (tertiary/aromatic N) is 1. The Balaban J connectivity index is 3.06. The molecule has 0 aliphatic heterocycles. The normalized spacial score (nSPS) is 11.3. The number of nitrogens with two attached hydrogens (primary N) is 1. The van der Waals surface area contributed by atoms with Gasteiger partial charge in [0.2, 0.25) is 0 Å². The Morgan fingerprint density at radius 1 is 1.75 bits per heavy atom. The minimum atomic E-state index is -3.23. The summed E-state index contributed by atoms with van der Waals surface area (Å²) in [7, 11) is -3.23. The second-order valence-corrected chi connectivity index (χ2v) is 5.41. The summed E-state index contributed by atoms with van der Waals surface area (Å²) in [6.45, 7) is 3.35. The fraction of sp³-hybridized carbons (Fsp3) is 0.167. The van der Waals surface area contributed by atoms with Crippen molar-refractivity contribution in [2.24, 2.45) is 0 Å². The van der Waals surface area contributed by atoms with E-state index in [2.05, 4.69) is 11.6 Å². The van der Waals surface area contributed by atoms with Crippen LogP contribution in [0.2, 0.25) is 0 Å². The first-order valence-electron chi connectivity index (χ1n) is 3.11. The average Bonchev–Trinajstić information content (AvgIpc) is 2.36. The number of rotatable bonds is 3. The van der Waals surface area contributed by atoms with Gasteiger partial charge in [0.1, 0.15) is 4.21 Å². The summed E-state index contributed by atoms with van der Waals surface area (Å²) in [5, 5.41) is 0.262. The van der Waals surface area contributed by atoms with Crippen LogP contribution >= 0.6 is 11.3 Å². The summed E-state index contributed by atoms with van der Waals surface area (Å²) in [5.41, 5.74) is 5.29. The lowest BCUT2D eigenvalue weighted by Gasteiger charge is -1.93. The van der Waals surface area contributed by atoms with Gasteiger partial charge in [0.15, 0.2) is 15.0 Å². The van der Waals surface area contributed by atoms with E-state index in [0.29, 0.717) is 0 Å². The molecule has 0 aromatic carbocycles. The highest BCUT2D eigenvalue weighted by Crippen LogP contribution is 2.21. The highest BCUT2D eigenvalue weighted by Gasteiger charge is 2.14. The smallest absolute Gasteiger partial charge is 0.192 e. The monoisotopic (exact) mass is 204 g/mol. The molecular weight excluding hydrogens is 196 g/mol. The van der Waals surface area contributed by atoms with Crippen molar-refractivity contribution >= 4 is 26.3 Å². The van der Waals surface area contributed by atoms with Crippen LogP contribution in [-0.2, 0) is 9.84 Å². The van der Waals surface area contributed by atoms with E-state index in [9.17, 15) is 8.42 Å². The fourth-order valence-corrected chi connectivity index (χ4v) is 2.73. The lowest BCUT2D eigenvalue weighted by Crippen LogP contribution is -2.01. The van der Waals surface area contributed by atoms with Crippen LogP contribution in [0.4, 0.5) is 5.13 Å². The van der Waals surface area contributed by atoms with Crippen LogP contribution in [0.25, 0.3) is 0 Å². The minimum absolute atomic E-state index is 0.0748. The van der Waals surface area contributed by atoms with Crippen LogP contribution in [0.5, 0.6) is 0 Å². The molecule has 2 N–H and O–H groups in total. The quantitative estimate of drug-likeness (QED) is 0.735. The van der Waals surface area contributed by atoms with E-state index in [1.807, 2.05) is 0 Å². The van der Waals surface area contributed by atoms with Crippen LogP contribution in [0.3, 0.4) is 0 Å². The molecule has 12 heavy (non-hydrogen) atoms. The van der Waals surface area contributed by atoms with Crippen LogP contribution < -0.4 is 5.73 Å². The maximum Gasteiger partial charge on any atom is 0.192 e. The Kier molecular flexibility index (Phi) is 2.49. The molecular formula is C6H8N2O2S2. The molecule has 0 bridgehead atoms. The summed E-state index contributed by atoms with van der Waals surface area (Å²) in [6, 6.07) is 0. The topological polar surface area (TPSA) is 73.0 Å². The van der Waals surface area contributed by atoms with Gasteiger partial charge in [-0.15, -0.1) is 6.58 Å². The van der Waals surface area contributed by atoms with Gasteiger partial charge in [0.05, 0.1) is 11.9 Å². The molecule has 0 radical (unpaired) electrons. The number of nitrogen functional groups attached to an aromatic ring is 1. The van der Waals surface area contributed by atoms with E-state index < -0.39 is 9.84 Å². The van der Waals surface area contributed by atoms with Gasteiger partial charge in [-0.25, -0.2) is 13.4 Å². The van der Waals surface area contributed by atoms with E-state index >= 15 is 0 Å². The van der Waals surface area contributed by atoms with Gasteiger partial charge in [0.25, 0.3) is 0 Å². The number of anilines is 1. The Morgan fingerprint density at radius 3 is 2.83 bits per heavy atom. The van der Waals surface area contributed by atoms with Crippen LogP contribution in [0, 0.1) is 0 Å². The molecule has 1 aromatic heterocycles. The van der Waals surface area contributed by atoms with Gasteiger partial charge in [0, 0.05) is 0 Å². The van der Waals surface area contributed by atoms with Crippen molar-refractivity contribution < 1.29 is 8.42 Å². The highest BCUT2D eigenvalue weighted by atomic mass is 32.2. The zero-order chi connectivity index (χ0) is 9.19. The zero-order valence-corrected chi connectivity index (χ0v) is 7.86. The number of hydrogen-bond donors (Lipinski definition) is 1. The number of aromatic nitrogens is 1. The molecule has 0 spiro atoms. The van der Waals surface area contributed by atoms with E-state index in [1.165, 1.54) is 12.3 Å². The van der Waals surface area contributed by atoms with Crippen molar-refractivity contribution in [1.82, 2.24) is 4.98 Å². The molecule has 0 aliphatic rings. The standard InChI is InChI=1S/C6H8N2O2S2/c1-2-3-12(9,10)5-4-8-6(7)11-5/h2,4H,1,3H2,(H2,7,8). The van der Waals surface area contributed by atoms with Gasteiger partial charge in [-0.2, -0.15) is 0 Å². The van der Waals surface area contributed by atoms with E-state index in [-0.39, 0.29) is 15.1 Å². The van der Waals surface area contributed by atoms with Crippen LogP contribution in [-0.4, -0.2) is 19.2 Å². The molecule has 0 aliphatic carbocycles. The predicted molar refractivity (Wildman–Crippen MR) is 48.8 cm³/mol. The zero-order valence-electron chi connectivity index (χ0n) is 6.23. The largest absolute Gasteiger partial charge is 0.375 e. The second kappa shape index (κ2) is 3.24. The Morgan fingerprint density at radius 2 is 2.42 bits per heavy atom. The highest BCUT2D eigenvalue weighted by molar-refractivity contribution is 7.93. The third-order valence-corrected chi connectivity index (χ3v) is 4.17. The number of thiazole rings is 1. The molecule has 0 fully saturated rings. The predicted octanol–water partition coefficient (Wildman–Crippen LogP) is 0.685. The lowest BCUT2D eigenvalue weighted by molar-refractivity contribution is 0.601. The first-order chi connectivity index (χ1) is 5.56. The van der Waals surface area contributed by atoms with Crippen molar-refractivity contribution in [3.05, 3.63) is 18.9 Å². The maximum atomic E-state index is 11.3. The fourth-order valence-electron chi connectivity index (χ4n) is 0.653. The summed E-state index contributed by atoms with van der Waals surface area (Å²) in [5.74, 6) is -0.0748. The number of sulfone groups is 1. The molecule has 66 valence electrons. The number of hydrogen-bond acceptors (Lipinski definition) is 5. The molecule has 1 heterocycles. The molecule has 6 heteroatoms. The van der Waals surface area contributed by atoms with Gasteiger partial charge in [-0.1, -0.05) is 17.4 Å².